The van der Waals surface area contributed by atoms with Crippen LogP contribution in [-0.2, 0) is 0 Å². The molecule has 0 aromatic carbocycles. The smallest absolute Gasteiger partial charge is 0.272 e. The quantitative estimate of drug-likeness (QED) is 0.756. The van der Waals surface area contributed by atoms with E-state index in [1.807, 2.05) is 13.8 Å². The molecule has 1 aromatic heterocycles. The van der Waals surface area contributed by atoms with Crippen molar-refractivity contribution in [2.24, 2.45) is 5.92 Å². The predicted octanol–water partition coefficient (Wildman–Crippen LogP) is 0.285. The highest BCUT2D eigenvalue weighted by atomic mass is 32.1. The summed E-state index contributed by atoms with van der Waals surface area (Å²) in [4.78, 5) is 11.5. The van der Waals surface area contributed by atoms with Gasteiger partial charge in [0.2, 0.25) is 0 Å². The third kappa shape index (κ3) is 2.74. The van der Waals surface area contributed by atoms with Gasteiger partial charge in [0.1, 0.15) is 0 Å². The van der Waals surface area contributed by atoms with Crippen LogP contribution in [0.25, 0.3) is 0 Å². The van der Waals surface area contributed by atoms with Crippen molar-refractivity contribution in [2.75, 3.05) is 6.61 Å². The fourth-order valence-corrected chi connectivity index (χ4v) is 1.34. The Labute approximate surface area is 86.5 Å². The van der Waals surface area contributed by atoms with E-state index in [1.165, 1.54) is 6.20 Å². The molecule has 0 saturated carbocycles. The number of aliphatic hydroxyl groups is 1. The molecular weight excluding hydrogens is 202 g/mol. The second-order valence-corrected chi connectivity index (χ2v) is 3.86. The third-order valence-electron chi connectivity index (χ3n) is 1.91. The van der Waals surface area contributed by atoms with Crippen molar-refractivity contribution in [2.45, 2.75) is 19.9 Å². The molecule has 0 aliphatic rings. The van der Waals surface area contributed by atoms with E-state index in [-0.39, 0.29) is 24.5 Å². The number of rotatable bonds is 4. The minimum atomic E-state index is -0.286. The van der Waals surface area contributed by atoms with Gasteiger partial charge >= 0.3 is 0 Å². The number of hydrogen-bond donors (Lipinski definition) is 2. The first-order valence-corrected chi connectivity index (χ1v) is 5.07. The summed E-state index contributed by atoms with van der Waals surface area (Å²) < 4.78 is 7.53. The molecule has 1 heterocycles. The number of aromatic nitrogens is 2. The van der Waals surface area contributed by atoms with Crippen LogP contribution in [-0.4, -0.2) is 32.4 Å². The Morgan fingerprint density at radius 2 is 2.43 bits per heavy atom. The lowest BCUT2D eigenvalue weighted by molar-refractivity contribution is 0.0892. The zero-order chi connectivity index (χ0) is 10.6. The van der Waals surface area contributed by atoms with E-state index >= 15 is 0 Å². The van der Waals surface area contributed by atoms with Gasteiger partial charge in [-0.25, -0.2) is 0 Å². The molecule has 0 radical (unpaired) electrons. The molecule has 1 amide bonds. The Bertz CT molecular complexity index is 287. The fourth-order valence-electron chi connectivity index (χ4n) is 0.930. The molecule has 0 aliphatic heterocycles. The second kappa shape index (κ2) is 5.02. The zero-order valence-electron chi connectivity index (χ0n) is 8.10. The standard InChI is InChI=1S/C8H13N3O2S/c1-5(2)7(4-12)10-8(13)6-3-9-14-11-6/h3,5,7,12H,4H2,1-2H3,(H,10,13)/t7-/m1/s1. The number of amides is 1. The van der Waals surface area contributed by atoms with Crippen LogP contribution < -0.4 is 5.32 Å². The largest absolute Gasteiger partial charge is 0.394 e. The van der Waals surface area contributed by atoms with E-state index < -0.39 is 0 Å². The molecule has 14 heavy (non-hydrogen) atoms. The minimum Gasteiger partial charge on any atom is -0.394 e. The Morgan fingerprint density at radius 1 is 1.71 bits per heavy atom. The topological polar surface area (TPSA) is 75.1 Å². The van der Waals surface area contributed by atoms with Gasteiger partial charge in [-0.1, -0.05) is 13.8 Å². The molecular formula is C8H13N3O2S. The Kier molecular flexibility index (Phi) is 3.97. The molecule has 1 rings (SSSR count). The van der Waals surface area contributed by atoms with Crippen molar-refractivity contribution < 1.29 is 9.90 Å². The zero-order valence-corrected chi connectivity index (χ0v) is 8.91. The van der Waals surface area contributed by atoms with Crippen LogP contribution in [0.1, 0.15) is 24.3 Å². The van der Waals surface area contributed by atoms with Gasteiger partial charge in [-0.05, 0) is 5.92 Å². The second-order valence-electron chi connectivity index (χ2n) is 3.30. The number of hydrogen-bond acceptors (Lipinski definition) is 5. The van der Waals surface area contributed by atoms with Gasteiger partial charge in [-0.3, -0.25) is 4.79 Å². The van der Waals surface area contributed by atoms with Crippen molar-refractivity contribution in [1.82, 2.24) is 14.1 Å². The van der Waals surface area contributed by atoms with E-state index in [0.29, 0.717) is 5.69 Å². The van der Waals surface area contributed by atoms with Crippen molar-refractivity contribution in [3.8, 4) is 0 Å². The summed E-state index contributed by atoms with van der Waals surface area (Å²) in [6.45, 7) is 3.79. The van der Waals surface area contributed by atoms with Crippen LogP contribution in [0.3, 0.4) is 0 Å². The van der Waals surface area contributed by atoms with Crippen LogP contribution in [0.4, 0.5) is 0 Å². The maximum Gasteiger partial charge on any atom is 0.272 e. The highest BCUT2D eigenvalue weighted by Crippen LogP contribution is 2.02. The van der Waals surface area contributed by atoms with Crippen molar-refractivity contribution in [3.63, 3.8) is 0 Å². The lowest BCUT2D eigenvalue weighted by Gasteiger charge is -2.18. The number of carbonyl (C=O) groups excluding carboxylic acids is 1. The predicted molar refractivity (Wildman–Crippen MR) is 53.1 cm³/mol. The summed E-state index contributed by atoms with van der Waals surface area (Å²) in [5.41, 5.74) is 0.300. The molecule has 6 heteroatoms. The lowest BCUT2D eigenvalue weighted by atomic mass is 10.1. The number of carbonyl (C=O) groups is 1. The highest BCUT2D eigenvalue weighted by molar-refractivity contribution is 6.99. The SMILES string of the molecule is CC(C)[C@@H](CO)NC(=O)c1cnsn1. The van der Waals surface area contributed by atoms with E-state index in [9.17, 15) is 4.79 Å². The molecule has 0 saturated heterocycles. The average molecular weight is 215 g/mol. The van der Waals surface area contributed by atoms with E-state index in [2.05, 4.69) is 14.1 Å². The van der Waals surface area contributed by atoms with E-state index in [1.54, 1.807) is 0 Å². The molecule has 0 aliphatic carbocycles. The molecule has 2 N–H and O–H groups in total. The van der Waals surface area contributed by atoms with Crippen LogP contribution >= 0.6 is 11.7 Å². The van der Waals surface area contributed by atoms with Gasteiger partial charge in [-0.2, -0.15) is 8.75 Å². The normalized spacial score (nSPS) is 12.9. The maximum absolute atomic E-state index is 11.5. The fraction of sp³-hybridized carbons (Fsp3) is 0.625. The van der Waals surface area contributed by atoms with E-state index in [4.69, 9.17) is 5.11 Å². The van der Waals surface area contributed by atoms with Crippen molar-refractivity contribution in [3.05, 3.63) is 11.9 Å². The lowest BCUT2D eigenvalue weighted by Crippen LogP contribution is -2.41. The summed E-state index contributed by atoms with van der Waals surface area (Å²) in [7, 11) is 0. The first-order chi connectivity index (χ1) is 6.65. The minimum absolute atomic E-state index is 0.0685. The molecule has 1 aromatic rings. The van der Waals surface area contributed by atoms with Crippen molar-refractivity contribution >= 4 is 17.6 Å². The van der Waals surface area contributed by atoms with Gasteiger partial charge in [-0.15, -0.1) is 0 Å². The van der Waals surface area contributed by atoms with Gasteiger partial charge < -0.3 is 10.4 Å². The molecule has 0 unspecified atom stereocenters. The Balaban J connectivity index is 2.56. The van der Waals surface area contributed by atoms with Crippen molar-refractivity contribution in [1.29, 1.82) is 0 Å². The van der Waals surface area contributed by atoms with Crippen LogP contribution in [0.15, 0.2) is 6.20 Å². The molecule has 5 nitrogen and oxygen atoms in total. The maximum atomic E-state index is 11.5. The van der Waals surface area contributed by atoms with Gasteiger partial charge in [0, 0.05) is 0 Å². The summed E-state index contributed by atoms with van der Waals surface area (Å²) in [6.07, 6.45) is 1.41. The Morgan fingerprint density at radius 3 is 2.86 bits per heavy atom. The van der Waals surface area contributed by atoms with Gasteiger partial charge in [0.15, 0.2) is 5.69 Å². The molecule has 0 spiro atoms. The van der Waals surface area contributed by atoms with Gasteiger partial charge in [0.25, 0.3) is 5.91 Å². The monoisotopic (exact) mass is 215 g/mol. The molecule has 1 atom stereocenters. The third-order valence-corrected chi connectivity index (χ3v) is 2.39. The molecule has 78 valence electrons. The molecule has 0 bridgehead atoms. The number of nitrogens with one attached hydrogen (secondary N) is 1. The number of nitrogens with zero attached hydrogens (tertiary/aromatic N) is 2. The van der Waals surface area contributed by atoms with Crippen LogP contribution in [0, 0.1) is 5.92 Å². The first kappa shape index (κ1) is 11.1. The Hall–Kier alpha value is -1.01. The highest BCUT2D eigenvalue weighted by Gasteiger charge is 2.17. The van der Waals surface area contributed by atoms with Crippen LogP contribution in [0.5, 0.6) is 0 Å². The van der Waals surface area contributed by atoms with Gasteiger partial charge in [0.05, 0.1) is 30.6 Å². The summed E-state index contributed by atoms with van der Waals surface area (Å²) in [6, 6.07) is -0.232. The summed E-state index contributed by atoms with van der Waals surface area (Å²) >= 11 is 0.988. The number of aliphatic hydroxyl groups excluding tert-OH is 1. The summed E-state index contributed by atoms with van der Waals surface area (Å²) in [5.74, 6) is -0.0953. The summed E-state index contributed by atoms with van der Waals surface area (Å²) in [5, 5.41) is 11.7. The van der Waals surface area contributed by atoms with Crippen LogP contribution in [0.2, 0.25) is 0 Å². The average Bonchev–Trinajstić information content (AvgIpc) is 2.65. The first-order valence-electron chi connectivity index (χ1n) is 4.34. The van der Waals surface area contributed by atoms with E-state index in [0.717, 1.165) is 11.7 Å². The molecule has 0 fully saturated rings.